The van der Waals surface area contributed by atoms with Gasteiger partial charge >= 0.3 is 5.97 Å². The van der Waals surface area contributed by atoms with Gasteiger partial charge in [0.25, 0.3) is 0 Å². The minimum absolute atomic E-state index is 0.0673. The van der Waals surface area contributed by atoms with Crippen LogP contribution in [0, 0.1) is 17.2 Å². The Kier molecular flexibility index (Phi) is 8.60. The number of aryl methyl sites for hydroxylation is 1. The van der Waals surface area contributed by atoms with Gasteiger partial charge in [-0.3, -0.25) is 9.59 Å². The first-order chi connectivity index (χ1) is 16.2. The fourth-order valence-corrected chi connectivity index (χ4v) is 6.29. The molecule has 1 fully saturated rings. The van der Waals surface area contributed by atoms with Crippen LogP contribution in [0.15, 0.2) is 41.4 Å². The number of ether oxygens (including phenoxy) is 1. The van der Waals surface area contributed by atoms with E-state index in [0.717, 1.165) is 0 Å². The van der Waals surface area contributed by atoms with Gasteiger partial charge < -0.3 is 14.2 Å². The lowest BCUT2D eigenvalue weighted by atomic mass is 9.96. The number of hydrogen-bond acceptors (Lipinski definition) is 6. The van der Waals surface area contributed by atoms with E-state index >= 15 is 0 Å². The average Bonchev–Trinajstić information content (AvgIpc) is 3.28. The van der Waals surface area contributed by atoms with E-state index in [9.17, 15) is 23.3 Å². The molecule has 9 nitrogen and oxygen atoms in total. The van der Waals surface area contributed by atoms with Crippen molar-refractivity contribution in [3.8, 4) is 6.07 Å². The van der Waals surface area contributed by atoms with Gasteiger partial charge in [-0.05, 0) is 43.5 Å². The molecule has 1 aliphatic heterocycles. The summed E-state index contributed by atoms with van der Waals surface area (Å²) in [7, 11) is -2.93. The average molecular weight is 527 g/mol. The molecule has 0 spiro atoms. The Morgan fingerprint density at radius 3 is 2.44 bits per heavy atom. The molecular formula is C22H24Cl2N4O5S. The van der Waals surface area contributed by atoms with Crippen LogP contribution in [0.3, 0.4) is 0 Å². The Bertz CT molecular complexity index is 1180. The van der Waals surface area contributed by atoms with E-state index in [1.807, 2.05) is 0 Å². The van der Waals surface area contributed by atoms with Crippen molar-refractivity contribution in [3.63, 3.8) is 0 Å². The molecule has 1 aliphatic rings. The molecule has 1 aromatic carbocycles. The highest BCUT2D eigenvalue weighted by molar-refractivity contribution is 7.89. The lowest BCUT2D eigenvalue weighted by Gasteiger charge is -2.33. The maximum absolute atomic E-state index is 13.4. The second kappa shape index (κ2) is 11.2. The van der Waals surface area contributed by atoms with Gasteiger partial charge in [0.15, 0.2) is 0 Å². The number of esters is 1. The summed E-state index contributed by atoms with van der Waals surface area (Å²) in [6, 6.07) is 8.55. The number of carbonyl (C=O) groups excluding carboxylic acids is 2. The number of nitriles is 1. The summed E-state index contributed by atoms with van der Waals surface area (Å²) < 4.78 is 35.2. The van der Waals surface area contributed by atoms with E-state index in [4.69, 9.17) is 27.9 Å². The number of aromatic nitrogens is 1. The Morgan fingerprint density at radius 1 is 1.21 bits per heavy atom. The molecule has 1 aromatic heterocycles. The predicted octanol–water partition coefficient (Wildman–Crippen LogP) is 2.82. The standard InChI is InChI=1S/C22H24Cl2N4O5S/c1-33-22(30)15-7-11-28(12-8-15)21(29)19(9-13-27-10-3-4-16(27)14-25)26-34(31,32)20-17(23)5-2-6-18(20)24/h2-6,10,15,19,26H,7-9,11-13H2,1H3. The first-order valence-corrected chi connectivity index (χ1v) is 12.8. The molecule has 182 valence electrons. The smallest absolute Gasteiger partial charge is 0.308 e. The van der Waals surface area contributed by atoms with Gasteiger partial charge in [0.1, 0.15) is 22.7 Å². The maximum Gasteiger partial charge on any atom is 0.308 e. The van der Waals surface area contributed by atoms with Crippen molar-refractivity contribution >= 4 is 45.1 Å². The van der Waals surface area contributed by atoms with Crippen LogP contribution >= 0.6 is 23.2 Å². The Morgan fingerprint density at radius 2 is 1.85 bits per heavy atom. The topological polar surface area (TPSA) is 122 Å². The first kappa shape index (κ1) is 26.0. The number of nitrogens with zero attached hydrogens (tertiary/aromatic N) is 3. The Hall–Kier alpha value is -2.58. The minimum Gasteiger partial charge on any atom is -0.469 e. The number of amides is 1. The number of hydrogen-bond donors (Lipinski definition) is 1. The normalized spacial score (nSPS) is 15.5. The van der Waals surface area contributed by atoms with Crippen LogP contribution in [0.4, 0.5) is 0 Å². The van der Waals surface area contributed by atoms with E-state index in [1.165, 1.54) is 30.2 Å². The van der Waals surface area contributed by atoms with Gasteiger partial charge in [0, 0.05) is 25.8 Å². The van der Waals surface area contributed by atoms with Crippen molar-refractivity contribution in [3.05, 3.63) is 52.3 Å². The predicted molar refractivity (Wildman–Crippen MR) is 126 cm³/mol. The zero-order valence-corrected chi connectivity index (χ0v) is 20.7. The Labute approximate surface area is 208 Å². The molecule has 0 aliphatic carbocycles. The number of rotatable bonds is 8. The molecule has 2 aromatic rings. The van der Waals surface area contributed by atoms with E-state index in [2.05, 4.69) is 10.8 Å². The van der Waals surface area contributed by atoms with Gasteiger partial charge in [0.05, 0.1) is 23.1 Å². The van der Waals surface area contributed by atoms with Crippen LogP contribution in [-0.4, -0.2) is 56.0 Å². The van der Waals surface area contributed by atoms with E-state index in [-0.39, 0.29) is 52.9 Å². The molecule has 1 N–H and O–H groups in total. The Balaban J connectivity index is 1.83. The summed E-state index contributed by atoms with van der Waals surface area (Å²) >= 11 is 12.2. The highest BCUT2D eigenvalue weighted by Gasteiger charge is 2.34. The van der Waals surface area contributed by atoms with Crippen molar-refractivity contribution in [2.24, 2.45) is 5.92 Å². The zero-order chi connectivity index (χ0) is 24.9. The van der Waals surface area contributed by atoms with Crippen LogP contribution in [-0.2, 0) is 30.9 Å². The zero-order valence-electron chi connectivity index (χ0n) is 18.4. The van der Waals surface area contributed by atoms with Crippen LogP contribution < -0.4 is 4.72 Å². The number of sulfonamides is 1. The molecule has 0 radical (unpaired) electrons. The lowest BCUT2D eigenvalue weighted by molar-refractivity contribution is -0.149. The molecule has 1 unspecified atom stereocenters. The van der Waals surface area contributed by atoms with E-state index in [0.29, 0.717) is 18.5 Å². The third-order valence-corrected chi connectivity index (χ3v) is 8.15. The molecule has 0 saturated carbocycles. The fraction of sp³-hybridized carbons (Fsp3) is 0.409. The fourth-order valence-electron chi connectivity index (χ4n) is 3.92. The van der Waals surface area contributed by atoms with Crippen LogP contribution in [0.25, 0.3) is 0 Å². The first-order valence-electron chi connectivity index (χ1n) is 10.6. The SMILES string of the molecule is COC(=O)C1CCN(C(=O)C(CCn2cccc2C#N)NS(=O)(=O)c2c(Cl)cccc2Cl)CC1. The van der Waals surface area contributed by atoms with Gasteiger partial charge in [-0.25, -0.2) is 8.42 Å². The summed E-state index contributed by atoms with van der Waals surface area (Å²) in [6.07, 6.45) is 2.61. The number of methoxy groups -OCH3 is 1. The highest BCUT2D eigenvalue weighted by atomic mass is 35.5. The summed E-state index contributed by atoms with van der Waals surface area (Å²) in [4.78, 5) is 26.4. The monoisotopic (exact) mass is 526 g/mol. The van der Waals surface area contributed by atoms with Gasteiger partial charge in [-0.2, -0.15) is 9.98 Å². The summed E-state index contributed by atoms with van der Waals surface area (Å²) in [6.45, 7) is 0.803. The van der Waals surface area contributed by atoms with Crippen molar-refractivity contribution in [2.45, 2.75) is 36.7 Å². The van der Waals surface area contributed by atoms with E-state index in [1.54, 1.807) is 22.9 Å². The number of benzene rings is 1. The van der Waals surface area contributed by atoms with Crippen LogP contribution in [0.5, 0.6) is 0 Å². The second-order valence-corrected chi connectivity index (χ2v) is 10.3. The molecule has 2 heterocycles. The molecule has 1 atom stereocenters. The minimum atomic E-state index is -4.25. The molecule has 3 rings (SSSR count). The number of likely N-dealkylation sites (tertiary alicyclic amines) is 1. The number of carbonyl (C=O) groups is 2. The van der Waals surface area contributed by atoms with Crippen LogP contribution in [0.2, 0.25) is 10.0 Å². The van der Waals surface area contributed by atoms with Gasteiger partial charge in [-0.1, -0.05) is 29.3 Å². The van der Waals surface area contributed by atoms with Gasteiger partial charge in [-0.15, -0.1) is 0 Å². The van der Waals surface area contributed by atoms with Crippen molar-refractivity contribution in [1.29, 1.82) is 5.26 Å². The largest absolute Gasteiger partial charge is 0.469 e. The van der Waals surface area contributed by atoms with Crippen molar-refractivity contribution < 1.29 is 22.7 Å². The van der Waals surface area contributed by atoms with Crippen molar-refractivity contribution in [2.75, 3.05) is 20.2 Å². The van der Waals surface area contributed by atoms with E-state index < -0.39 is 22.0 Å². The summed E-state index contributed by atoms with van der Waals surface area (Å²) in [5, 5.41) is 9.11. The van der Waals surface area contributed by atoms with Crippen LogP contribution in [0.1, 0.15) is 25.0 Å². The molecule has 1 saturated heterocycles. The number of piperidine rings is 1. The summed E-state index contributed by atoms with van der Waals surface area (Å²) in [5.74, 6) is -1.06. The molecule has 12 heteroatoms. The number of nitrogens with one attached hydrogen (secondary N) is 1. The number of halogens is 2. The lowest BCUT2D eigenvalue weighted by Crippen LogP contribution is -2.51. The molecular weight excluding hydrogens is 503 g/mol. The second-order valence-electron chi connectivity index (χ2n) is 7.83. The maximum atomic E-state index is 13.4. The van der Waals surface area contributed by atoms with Crippen molar-refractivity contribution in [1.82, 2.24) is 14.2 Å². The molecule has 0 bridgehead atoms. The van der Waals surface area contributed by atoms with Gasteiger partial charge in [0.2, 0.25) is 15.9 Å². The third kappa shape index (κ3) is 5.91. The third-order valence-electron chi connectivity index (χ3n) is 5.73. The quantitative estimate of drug-likeness (QED) is 0.527. The molecule has 34 heavy (non-hydrogen) atoms. The summed E-state index contributed by atoms with van der Waals surface area (Å²) in [5.41, 5.74) is 0.391. The molecule has 1 amide bonds. The highest BCUT2D eigenvalue weighted by Crippen LogP contribution is 2.29.